The Morgan fingerprint density at radius 2 is 1.65 bits per heavy atom. The van der Waals surface area contributed by atoms with Crippen molar-refractivity contribution in [2.75, 3.05) is 0 Å². The number of para-hydroxylation sites is 2. The summed E-state index contributed by atoms with van der Waals surface area (Å²) in [6.45, 7) is 3.00. The first kappa shape index (κ1) is 17.2. The molecule has 0 atom stereocenters. The smallest absolute Gasteiger partial charge is 0.120 e. The number of benzene rings is 3. The summed E-state index contributed by atoms with van der Waals surface area (Å²) in [7, 11) is 0. The second-order valence-electron chi connectivity index (χ2n) is 6.27. The van der Waals surface area contributed by atoms with Crippen LogP contribution in [0.5, 0.6) is 0 Å². The lowest BCUT2D eigenvalue weighted by atomic mass is 10.1. The molecule has 0 aliphatic heterocycles. The molecule has 0 amide bonds. The molecular weight excluding hydrogens is 360 g/mol. The summed E-state index contributed by atoms with van der Waals surface area (Å²) >= 11 is 7.77. The number of hydrogen-bond donors (Lipinski definition) is 0. The van der Waals surface area contributed by atoms with Gasteiger partial charge in [0.1, 0.15) is 5.82 Å². The SMILES string of the molecule is Cc1ccccc1Cn1c(CSc2ccc(Cl)cc2)nc2ccccc21. The fraction of sp³-hybridized carbons (Fsp3) is 0.136. The fourth-order valence-corrected chi connectivity index (χ4v) is 4.02. The Balaban J connectivity index is 1.67. The predicted molar refractivity (Wildman–Crippen MR) is 111 cm³/mol. The minimum Gasteiger partial charge on any atom is -0.323 e. The number of thioether (sulfide) groups is 1. The Morgan fingerprint density at radius 1 is 0.923 bits per heavy atom. The number of aromatic nitrogens is 2. The number of rotatable bonds is 5. The lowest BCUT2D eigenvalue weighted by Gasteiger charge is -2.11. The number of nitrogens with zero attached hydrogens (tertiary/aromatic N) is 2. The summed E-state index contributed by atoms with van der Waals surface area (Å²) in [4.78, 5) is 6.09. The van der Waals surface area contributed by atoms with Crippen molar-refractivity contribution in [1.82, 2.24) is 9.55 Å². The zero-order chi connectivity index (χ0) is 17.9. The van der Waals surface area contributed by atoms with Crippen molar-refractivity contribution in [2.24, 2.45) is 0 Å². The van der Waals surface area contributed by atoms with Crippen LogP contribution in [0, 0.1) is 6.92 Å². The van der Waals surface area contributed by atoms with E-state index in [1.807, 2.05) is 18.2 Å². The standard InChI is InChI=1S/C22H19ClN2S/c1-16-6-2-3-7-17(16)14-25-21-9-5-4-8-20(21)24-22(25)15-26-19-12-10-18(23)11-13-19/h2-13H,14-15H2,1H3. The van der Waals surface area contributed by atoms with Crippen LogP contribution in [0.3, 0.4) is 0 Å². The first-order valence-corrected chi connectivity index (χ1v) is 9.94. The number of hydrogen-bond acceptors (Lipinski definition) is 2. The van der Waals surface area contributed by atoms with Crippen LogP contribution in [0.15, 0.2) is 77.7 Å². The van der Waals surface area contributed by atoms with Gasteiger partial charge in [0.05, 0.1) is 16.8 Å². The van der Waals surface area contributed by atoms with Gasteiger partial charge in [-0.3, -0.25) is 0 Å². The summed E-state index contributed by atoms with van der Waals surface area (Å²) in [6, 6.07) is 24.9. The quantitative estimate of drug-likeness (QED) is 0.377. The van der Waals surface area contributed by atoms with Crippen LogP contribution < -0.4 is 0 Å². The average Bonchev–Trinajstić information content (AvgIpc) is 3.01. The van der Waals surface area contributed by atoms with Crippen LogP contribution >= 0.6 is 23.4 Å². The lowest BCUT2D eigenvalue weighted by Crippen LogP contribution is -2.05. The summed E-state index contributed by atoms with van der Waals surface area (Å²) in [5.74, 6) is 1.91. The van der Waals surface area contributed by atoms with E-state index in [0.717, 1.165) is 28.7 Å². The molecule has 0 unspecified atom stereocenters. The van der Waals surface area contributed by atoms with Gasteiger partial charge in [0, 0.05) is 16.5 Å². The molecule has 3 aromatic carbocycles. The molecule has 4 heteroatoms. The highest BCUT2D eigenvalue weighted by atomic mass is 35.5. The van der Waals surface area contributed by atoms with Gasteiger partial charge in [-0.1, -0.05) is 48.0 Å². The largest absolute Gasteiger partial charge is 0.323 e. The molecule has 0 fully saturated rings. The summed E-state index contributed by atoms with van der Waals surface area (Å²) < 4.78 is 2.33. The van der Waals surface area contributed by atoms with Gasteiger partial charge >= 0.3 is 0 Å². The molecule has 130 valence electrons. The molecule has 0 aliphatic carbocycles. The molecule has 1 heterocycles. The second kappa shape index (κ2) is 7.56. The van der Waals surface area contributed by atoms with Gasteiger partial charge in [-0.05, 0) is 54.4 Å². The molecule has 1 aromatic heterocycles. The molecule has 0 bridgehead atoms. The van der Waals surface area contributed by atoms with Crippen molar-refractivity contribution < 1.29 is 0 Å². The first-order valence-electron chi connectivity index (χ1n) is 8.58. The highest BCUT2D eigenvalue weighted by molar-refractivity contribution is 7.98. The lowest BCUT2D eigenvalue weighted by molar-refractivity contribution is 0.776. The molecule has 26 heavy (non-hydrogen) atoms. The molecule has 4 rings (SSSR count). The first-order chi connectivity index (χ1) is 12.7. The van der Waals surface area contributed by atoms with Gasteiger partial charge in [0.15, 0.2) is 0 Å². The normalized spacial score (nSPS) is 11.2. The van der Waals surface area contributed by atoms with Gasteiger partial charge in [-0.25, -0.2) is 4.98 Å². The number of imidazole rings is 1. The second-order valence-corrected chi connectivity index (χ2v) is 7.76. The molecule has 4 aromatic rings. The fourth-order valence-electron chi connectivity index (χ4n) is 3.05. The number of fused-ring (bicyclic) bond motifs is 1. The van der Waals surface area contributed by atoms with Gasteiger partial charge in [0.25, 0.3) is 0 Å². The van der Waals surface area contributed by atoms with Crippen LogP contribution in [0.2, 0.25) is 5.02 Å². The Labute approximate surface area is 162 Å². The van der Waals surface area contributed by atoms with E-state index in [-0.39, 0.29) is 0 Å². The molecule has 0 spiro atoms. The van der Waals surface area contributed by atoms with E-state index in [2.05, 4.69) is 66.1 Å². The van der Waals surface area contributed by atoms with Crippen molar-refractivity contribution in [3.05, 3.63) is 94.8 Å². The summed E-state index contributed by atoms with van der Waals surface area (Å²) in [5.41, 5.74) is 4.87. The summed E-state index contributed by atoms with van der Waals surface area (Å²) in [6.07, 6.45) is 0. The zero-order valence-electron chi connectivity index (χ0n) is 14.5. The minimum atomic E-state index is 0.765. The molecule has 0 aliphatic rings. The van der Waals surface area contributed by atoms with E-state index in [1.54, 1.807) is 11.8 Å². The Hall–Kier alpha value is -2.23. The van der Waals surface area contributed by atoms with Crippen molar-refractivity contribution in [2.45, 2.75) is 24.1 Å². The van der Waals surface area contributed by atoms with Crippen LogP contribution in [0.1, 0.15) is 17.0 Å². The molecular formula is C22H19ClN2S. The predicted octanol–water partition coefficient (Wildman–Crippen LogP) is 6.34. The third kappa shape index (κ3) is 3.64. The monoisotopic (exact) mass is 378 g/mol. The van der Waals surface area contributed by atoms with Crippen molar-refractivity contribution >= 4 is 34.4 Å². The topological polar surface area (TPSA) is 17.8 Å². The van der Waals surface area contributed by atoms with E-state index in [4.69, 9.17) is 16.6 Å². The average molecular weight is 379 g/mol. The van der Waals surface area contributed by atoms with Crippen LogP contribution in [0.4, 0.5) is 0 Å². The molecule has 0 radical (unpaired) electrons. The third-order valence-electron chi connectivity index (χ3n) is 4.50. The molecule has 0 N–H and O–H groups in total. The van der Waals surface area contributed by atoms with Gasteiger partial charge in [0.2, 0.25) is 0 Å². The summed E-state index contributed by atoms with van der Waals surface area (Å²) in [5, 5.41) is 0.765. The Kier molecular flexibility index (Phi) is 5.00. The minimum absolute atomic E-state index is 0.765. The van der Waals surface area contributed by atoms with E-state index < -0.39 is 0 Å². The maximum atomic E-state index is 5.99. The van der Waals surface area contributed by atoms with Gasteiger partial charge < -0.3 is 4.57 Å². The van der Waals surface area contributed by atoms with Crippen molar-refractivity contribution in [3.63, 3.8) is 0 Å². The van der Waals surface area contributed by atoms with Gasteiger partial charge in [-0.2, -0.15) is 0 Å². The highest BCUT2D eigenvalue weighted by Crippen LogP contribution is 2.27. The maximum Gasteiger partial charge on any atom is 0.120 e. The highest BCUT2D eigenvalue weighted by Gasteiger charge is 2.12. The number of halogens is 1. The zero-order valence-corrected chi connectivity index (χ0v) is 16.1. The van der Waals surface area contributed by atoms with Crippen LogP contribution in [0.25, 0.3) is 11.0 Å². The van der Waals surface area contributed by atoms with E-state index in [0.29, 0.717) is 0 Å². The van der Waals surface area contributed by atoms with Crippen LogP contribution in [-0.2, 0) is 12.3 Å². The Bertz CT molecular complexity index is 1040. The molecule has 0 saturated heterocycles. The van der Waals surface area contributed by atoms with Crippen molar-refractivity contribution in [1.29, 1.82) is 0 Å². The van der Waals surface area contributed by atoms with Gasteiger partial charge in [-0.15, -0.1) is 11.8 Å². The van der Waals surface area contributed by atoms with E-state index in [1.165, 1.54) is 21.5 Å². The van der Waals surface area contributed by atoms with Crippen molar-refractivity contribution in [3.8, 4) is 0 Å². The van der Waals surface area contributed by atoms with E-state index in [9.17, 15) is 0 Å². The molecule has 0 saturated carbocycles. The number of aryl methyl sites for hydroxylation is 1. The third-order valence-corrected chi connectivity index (χ3v) is 5.76. The Morgan fingerprint density at radius 3 is 2.46 bits per heavy atom. The maximum absolute atomic E-state index is 5.99. The van der Waals surface area contributed by atoms with Crippen LogP contribution in [-0.4, -0.2) is 9.55 Å². The molecule has 2 nitrogen and oxygen atoms in total. The van der Waals surface area contributed by atoms with E-state index >= 15 is 0 Å².